The maximum atomic E-state index is 12.8. The minimum Gasteiger partial charge on any atom is -0.393 e. The van der Waals surface area contributed by atoms with Gasteiger partial charge in [0.2, 0.25) is 5.91 Å². The van der Waals surface area contributed by atoms with Crippen molar-refractivity contribution >= 4 is 13.7 Å². The van der Waals surface area contributed by atoms with Gasteiger partial charge >= 0.3 is 7.82 Å². The van der Waals surface area contributed by atoms with E-state index >= 15 is 0 Å². The fourth-order valence-corrected chi connectivity index (χ4v) is 7.65. The normalized spacial score (nSPS) is 14.8. The maximum absolute atomic E-state index is 12.8. The van der Waals surface area contributed by atoms with Crippen molar-refractivity contribution in [1.29, 1.82) is 0 Å². The molecule has 0 fully saturated rings. The Morgan fingerprint density at radius 3 is 1.46 bits per heavy atom. The van der Waals surface area contributed by atoms with Gasteiger partial charge in [0.15, 0.2) is 0 Å². The van der Waals surface area contributed by atoms with Gasteiger partial charge in [-0.2, -0.15) is 0 Å². The first kappa shape index (κ1) is 55.7. The highest BCUT2D eigenvalue weighted by atomic mass is 31.2. The van der Waals surface area contributed by atoms with Crippen LogP contribution in [0.15, 0.2) is 36.5 Å². The Morgan fingerprint density at radius 2 is 1.00 bits per heavy atom. The van der Waals surface area contributed by atoms with E-state index in [0.717, 1.165) is 44.9 Å². The third-order valence-electron chi connectivity index (χ3n) is 10.5. The SMILES string of the molecule is CCCCCCCC/C=C\CCCCCCCC(O)CC(=O)NC(COP(=O)(O)OCCN)C(O)/C=C/CC/C=C/CCCCCCCCCCCCCCCC. The highest BCUT2D eigenvalue weighted by molar-refractivity contribution is 7.47. The van der Waals surface area contributed by atoms with Crippen LogP contribution in [-0.4, -0.2) is 59.0 Å². The average Bonchev–Trinajstić information content (AvgIpc) is 3.19. The monoisotopic (exact) mass is 827 g/mol. The van der Waals surface area contributed by atoms with Crippen molar-refractivity contribution < 1.29 is 33.5 Å². The van der Waals surface area contributed by atoms with Gasteiger partial charge in [-0.05, 0) is 57.8 Å². The molecule has 4 unspecified atom stereocenters. The van der Waals surface area contributed by atoms with Crippen molar-refractivity contribution in [1.82, 2.24) is 5.32 Å². The summed E-state index contributed by atoms with van der Waals surface area (Å²) in [7, 11) is -4.41. The molecule has 0 aliphatic carbocycles. The lowest BCUT2D eigenvalue weighted by atomic mass is 10.0. The molecule has 0 spiro atoms. The second-order valence-electron chi connectivity index (χ2n) is 16.1. The fourth-order valence-electron chi connectivity index (χ4n) is 6.89. The van der Waals surface area contributed by atoms with Gasteiger partial charge in [0, 0.05) is 6.54 Å². The number of phosphoric acid groups is 1. The molecule has 1 amide bonds. The van der Waals surface area contributed by atoms with Crippen molar-refractivity contribution in [2.75, 3.05) is 19.8 Å². The number of phosphoric ester groups is 1. The Bertz CT molecular complexity index is 1010. The number of allylic oxidation sites excluding steroid dienone is 5. The van der Waals surface area contributed by atoms with Crippen LogP contribution < -0.4 is 11.1 Å². The molecule has 6 N–H and O–H groups in total. The van der Waals surface area contributed by atoms with Crippen LogP contribution in [0.5, 0.6) is 0 Å². The summed E-state index contributed by atoms with van der Waals surface area (Å²) in [5.74, 6) is -0.460. The van der Waals surface area contributed by atoms with Gasteiger partial charge in [-0.15, -0.1) is 0 Å². The highest BCUT2D eigenvalue weighted by Gasteiger charge is 2.27. The molecule has 0 bridgehead atoms. The molecule has 0 saturated heterocycles. The van der Waals surface area contributed by atoms with Crippen molar-refractivity contribution in [2.45, 2.75) is 238 Å². The molecule has 0 rings (SSSR count). The number of hydrogen-bond acceptors (Lipinski definition) is 7. The predicted octanol–water partition coefficient (Wildman–Crippen LogP) is 12.5. The van der Waals surface area contributed by atoms with Crippen LogP contribution in [0.2, 0.25) is 0 Å². The predicted molar refractivity (Wildman–Crippen MR) is 241 cm³/mol. The molecule has 0 heterocycles. The third kappa shape index (κ3) is 41.2. The minimum absolute atomic E-state index is 0.0436. The molecule has 0 aliphatic rings. The summed E-state index contributed by atoms with van der Waals surface area (Å²) in [6.07, 6.45) is 48.1. The number of carbonyl (C=O) groups is 1. The molecule has 0 aromatic rings. The average molecular weight is 827 g/mol. The molecule has 336 valence electrons. The molecular weight excluding hydrogens is 735 g/mol. The van der Waals surface area contributed by atoms with Crippen molar-refractivity contribution in [3.63, 3.8) is 0 Å². The summed E-state index contributed by atoms with van der Waals surface area (Å²) in [6.45, 7) is 3.96. The van der Waals surface area contributed by atoms with Crippen LogP contribution >= 0.6 is 7.82 Å². The second kappa shape index (κ2) is 42.8. The van der Waals surface area contributed by atoms with Crippen molar-refractivity contribution in [3.8, 4) is 0 Å². The van der Waals surface area contributed by atoms with Crippen molar-refractivity contribution in [3.05, 3.63) is 36.5 Å². The summed E-state index contributed by atoms with van der Waals surface area (Å²) < 4.78 is 22.1. The molecule has 0 saturated carbocycles. The van der Waals surface area contributed by atoms with Crippen LogP contribution in [0, 0.1) is 0 Å². The van der Waals surface area contributed by atoms with Crippen LogP contribution in [-0.2, 0) is 18.4 Å². The van der Waals surface area contributed by atoms with Crippen LogP contribution in [0.3, 0.4) is 0 Å². The molecular formula is C47H91N2O7P. The maximum Gasteiger partial charge on any atom is 0.472 e. The van der Waals surface area contributed by atoms with E-state index < -0.39 is 38.6 Å². The van der Waals surface area contributed by atoms with Crippen LogP contribution in [0.4, 0.5) is 0 Å². The quantitative estimate of drug-likeness (QED) is 0.0231. The number of nitrogens with two attached hydrogens (primary N) is 1. The van der Waals surface area contributed by atoms with Gasteiger partial charge in [0.05, 0.1) is 37.9 Å². The van der Waals surface area contributed by atoms with Crippen molar-refractivity contribution in [2.24, 2.45) is 5.73 Å². The van der Waals surface area contributed by atoms with Gasteiger partial charge in [0.1, 0.15) is 0 Å². The molecule has 9 nitrogen and oxygen atoms in total. The van der Waals surface area contributed by atoms with E-state index in [1.165, 1.54) is 141 Å². The molecule has 57 heavy (non-hydrogen) atoms. The minimum atomic E-state index is -4.41. The zero-order valence-corrected chi connectivity index (χ0v) is 37.8. The number of amides is 1. The number of carbonyl (C=O) groups excluding carboxylic acids is 1. The number of aliphatic hydroxyl groups excluding tert-OH is 2. The molecule has 0 aromatic carbocycles. The third-order valence-corrected chi connectivity index (χ3v) is 11.5. The summed E-state index contributed by atoms with van der Waals surface area (Å²) in [4.78, 5) is 22.8. The van der Waals surface area contributed by atoms with Gasteiger partial charge in [0.25, 0.3) is 0 Å². The number of nitrogens with one attached hydrogen (secondary N) is 1. The highest BCUT2D eigenvalue weighted by Crippen LogP contribution is 2.43. The van der Waals surface area contributed by atoms with Gasteiger partial charge < -0.3 is 26.2 Å². The summed E-state index contributed by atoms with van der Waals surface area (Å²) in [6, 6.07) is -1.00. The lowest BCUT2D eigenvalue weighted by Gasteiger charge is -2.24. The smallest absolute Gasteiger partial charge is 0.393 e. The first-order valence-corrected chi connectivity index (χ1v) is 25.2. The molecule has 0 radical (unpaired) electrons. The number of aliphatic hydroxyl groups is 2. The first-order valence-electron chi connectivity index (χ1n) is 23.7. The Labute approximate surface area is 351 Å². The summed E-state index contributed by atoms with van der Waals surface area (Å²) in [5.41, 5.74) is 5.37. The van der Waals surface area contributed by atoms with E-state index in [-0.39, 0.29) is 19.6 Å². The summed E-state index contributed by atoms with van der Waals surface area (Å²) >= 11 is 0. The lowest BCUT2D eigenvalue weighted by molar-refractivity contribution is -0.124. The Balaban J connectivity index is 4.32. The van der Waals surface area contributed by atoms with Gasteiger partial charge in [-0.3, -0.25) is 13.8 Å². The van der Waals surface area contributed by atoms with E-state index in [9.17, 15) is 24.5 Å². The lowest BCUT2D eigenvalue weighted by Crippen LogP contribution is -2.46. The number of unbranched alkanes of at least 4 members (excludes halogenated alkanes) is 26. The molecule has 0 aliphatic heterocycles. The van der Waals surface area contributed by atoms with Gasteiger partial charge in [-0.25, -0.2) is 4.57 Å². The fraction of sp³-hybridized carbons (Fsp3) is 0.851. The molecule has 4 atom stereocenters. The Hall–Kier alpha value is -1.32. The Kier molecular flexibility index (Phi) is 41.8. The molecule has 0 aromatic heterocycles. The second-order valence-corrected chi connectivity index (χ2v) is 17.6. The van der Waals surface area contributed by atoms with Crippen LogP contribution in [0.25, 0.3) is 0 Å². The largest absolute Gasteiger partial charge is 0.472 e. The number of hydrogen-bond donors (Lipinski definition) is 5. The topological polar surface area (TPSA) is 151 Å². The Morgan fingerprint density at radius 1 is 0.596 bits per heavy atom. The number of rotatable bonds is 44. The van der Waals surface area contributed by atoms with E-state index in [1.807, 2.05) is 6.08 Å². The zero-order valence-electron chi connectivity index (χ0n) is 36.9. The van der Waals surface area contributed by atoms with Crippen LogP contribution in [0.1, 0.15) is 219 Å². The standard InChI is InChI=1S/C47H91N2O7P/c1-3-5-7-9-11-13-15-17-19-20-21-22-23-25-27-29-31-33-35-37-39-46(51)45(43-56-57(53,54)55-41-40-48)49-47(52)42-44(50)38-36-34-32-30-28-26-24-18-16-14-12-10-8-6-4-2/h18,24,29,31,37,39,44-46,50-51H,3-17,19-23,25-28,30,32-36,38,40-43,48H2,1-2H3,(H,49,52)(H,53,54)/b24-18-,31-29+,39-37+. The zero-order chi connectivity index (χ0) is 41.9. The van der Waals surface area contributed by atoms with E-state index in [1.54, 1.807) is 6.08 Å². The van der Waals surface area contributed by atoms with E-state index in [2.05, 4.69) is 43.5 Å². The summed E-state index contributed by atoms with van der Waals surface area (Å²) in [5, 5.41) is 24.1. The van der Waals surface area contributed by atoms with E-state index in [0.29, 0.717) is 12.8 Å². The first-order chi connectivity index (χ1) is 27.8. The van der Waals surface area contributed by atoms with Gasteiger partial charge in [-0.1, -0.05) is 192 Å². The molecule has 10 heteroatoms. The van der Waals surface area contributed by atoms with E-state index in [4.69, 9.17) is 14.8 Å².